The summed E-state index contributed by atoms with van der Waals surface area (Å²) >= 11 is 5.96. The normalized spacial score (nSPS) is 10.4. The van der Waals surface area contributed by atoms with Gasteiger partial charge in [-0.15, -0.1) is 10.2 Å². The number of halogens is 2. The van der Waals surface area contributed by atoms with Crippen molar-refractivity contribution in [1.82, 2.24) is 20.2 Å². The van der Waals surface area contributed by atoms with Crippen molar-refractivity contribution in [3.8, 4) is 11.3 Å². The van der Waals surface area contributed by atoms with Crippen molar-refractivity contribution in [2.75, 3.05) is 30.0 Å². The van der Waals surface area contributed by atoms with E-state index in [0.29, 0.717) is 33.9 Å². The van der Waals surface area contributed by atoms with Crippen LogP contribution in [0.1, 0.15) is 0 Å². The van der Waals surface area contributed by atoms with E-state index in [-0.39, 0.29) is 5.56 Å². The predicted molar refractivity (Wildman–Crippen MR) is 96.8 cm³/mol. The number of hydrogen-bond donors (Lipinski definition) is 3. The van der Waals surface area contributed by atoms with E-state index >= 15 is 0 Å². The molecule has 1 aromatic carbocycles. The fourth-order valence-electron chi connectivity index (χ4n) is 2.20. The van der Waals surface area contributed by atoms with E-state index in [1.165, 1.54) is 24.5 Å². The van der Waals surface area contributed by atoms with Crippen LogP contribution < -0.4 is 16.0 Å². The quantitative estimate of drug-likeness (QED) is 0.642. The van der Waals surface area contributed by atoms with Gasteiger partial charge in [-0.1, -0.05) is 11.6 Å². The zero-order valence-electron chi connectivity index (χ0n) is 13.5. The molecular weight excluding hydrogens is 345 g/mol. The molecule has 2 aromatic heterocycles. The zero-order valence-corrected chi connectivity index (χ0v) is 14.3. The van der Waals surface area contributed by atoms with Crippen molar-refractivity contribution in [3.05, 3.63) is 47.5 Å². The van der Waals surface area contributed by atoms with Gasteiger partial charge in [0.15, 0.2) is 5.82 Å². The van der Waals surface area contributed by atoms with E-state index in [1.54, 1.807) is 26.2 Å². The molecule has 2 heterocycles. The molecule has 0 amide bonds. The van der Waals surface area contributed by atoms with E-state index in [9.17, 15) is 4.39 Å². The minimum Gasteiger partial charge on any atom is -0.373 e. The standard InChI is InChI=1S/C16H15ClFN7/c1-19-14-7-15(22-8-21-14)23-13-6-12(24-25-16(13)20-2)10-5-9(17)3-4-11(10)18/h3-8H,1-2H3,(H,20,25)(H2,19,21,22,23,24). The van der Waals surface area contributed by atoms with Crippen LogP contribution in [0.15, 0.2) is 36.7 Å². The topological polar surface area (TPSA) is 87.7 Å². The summed E-state index contributed by atoms with van der Waals surface area (Å²) in [7, 11) is 3.48. The second-order valence-corrected chi connectivity index (χ2v) is 5.47. The molecule has 0 aliphatic rings. The van der Waals surface area contributed by atoms with Gasteiger partial charge in [-0.25, -0.2) is 14.4 Å². The third kappa shape index (κ3) is 3.74. The molecule has 128 valence electrons. The van der Waals surface area contributed by atoms with Gasteiger partial charge in [0, 0.05) is 30.7 Å². The lowest BCUT2D eigenvalue weighted by molar-refractivity contribution is 0.630. The van der Waals surface area contributed by atoms with Gasteiger partial charge in [-0.05, 0) is 24.3 Å². The molecule has 25 heavy (non-hydrogen) atoms. The number of anilines is 4. The Balaban J connectivity index is 2.01. The molecule has 0 atom stereocenters. The molecule has 0 aliphatic carbocycles. The van der Waals surface area contributed by atoms with Crippen molar-refractivity contribution in [2.45, 2.75) is 0 Å². The Bertz CT molecular complexity index is 903. The summed E-state index contributed by atoms with van der Waals surface area (Å²) < 4.78 is 14.1. The van der Waals surface area contributed by atoms with Gasteiger partial charge in [0.25, 0.3) is 0 Å². The molecule has 9 heteroatoms. The Morgan fingerprint density at radius 1 is 0.960 bits per heavy atom. The van der Waals surface area contributed by atoms with E-state index < -0.39 is 5.82 Å². The van der Waals surface area contributed by atoms with Crippen molar-refractivity contribution in [3.63, 3.8) is 0 Å². The maximum Gasteiger partial charge on any atom is 0.172 e. The number of hydrogen-bond acceptors (Lipinski definition) is 7. The molecule has 0 bridgehead atoms. The number of nitrogens with zero attached hydrogens (tertiary/aromatic N) is 4. The predicted octanol–water partition coefficient (Wildman–Crippen LogP) is 3.55. The Kier molecular flexibility index (Phi) is 4.90. The highest BCUT2D eigenvalue weighted by atomic mass is 35.5. The van der Waals surface area contributed by atoms with Gasteiger partial charge in [0.1, 0.15) is 23.8 Å². The Morgan fingerprint density at radius 3 is 2.52 bits per heavy atom. The highest BCUT2D eigenvalue weighted by Crippen LogP contribution is 2.30. The summed E-state index contributed by atoms with van der Waals surface area (Å²) in [5.74, 6) is 1.28. The monoisotopic (exact) mass is 359 g/mol. The smallest absolute Gasteiger partial charge is 0.172 e. The largest absolute Gasteiger partial charge is 0.373 e. The third-order valence-corrected chi connectivity index (χ3v) is 3.66. The molecular formula is C16H15ClFN7. The second kappa shape index (κ2) is 7.27. The molecule has 3 rings (SSSR count). The van der Waals surface area contributed by atoms with Crippen LogP contribution in [0.25, 0.3) is 11.3 Å². The first-order valence-corrected chi connectivity index (χ1v) is 7.76. The first kappa shape index (κ1) is 16.8. The molecule has 0 spiro atoms. The fraction of sp³-hybridized carbons (Fsp3) is 0.125. The van der Waals surface area contributed by atoms with Crippen LogP contribution in [-0.2, 0) is 0 Å². The lowest BCUT2D eigenvalue weighted by Gasteiger charge is -2.12. The summed E-state index contributed by atoms with van der Waals surface area (Å²) in [5.41, 5.74) is 1.21. The van der Waals surface area contributed by atoms with Crippen molar-refractivity contribution in [1.29, 1.82) is 0 Å². The molecule has 0 aliphatic heterocycles. The van der Waals surface area contributed by atoms with Gasteiger partial charge in [0.2, 0.25) is 0 Å². The zero-order chi connectivity index (χ0) is 17.8. The second-order valence-electron chi connectivity index (χ2n) is 5.03. The highest BCUT2D eigenvalue weighted by Gasteiger charge is 2.13. The first-order valence-electron chi connectivity index (χ1n) is 7.38. The lowest BCUT2D eigenvalue weighted by atomic mass is 10.1. The minimum absolute atomic E-state index is 0.268. The van der Waals surface area contributed by atoms with Gasteiger partial charge < -0.3 is 16.0 Å². The van der Waals surface area contributed by atoms with Crippen LogP contribution in [0.5, 0.6) is 0 Å². The van der Waals surface area contributed by atoms with Gasteiger partial charge in [0.05, 0.1) is 11.4 Å². The van der Waals surface area contributed by atoms with E-state index in [1.807, 2.05) is 0 Å². The minimum atomic E-state index is -0.429. The van der Waals surface area contributed by atoms with E-state index in [4.69, 9.17) is 11.6 Å². The summed E-state index contributed by atoms with van der Waals surface area (Å²) in [6, 6.07) is 7.69. The van der Waals surface area contributed by atoms with Crippen LogP contribution in [0.2, 0.25) is 5.02 Å². The summed E-state index contributed by atoms with van der Waals surface area (Å²) in [6.45, 7) is 0. The van der Waals surface area contributed by atoms with E-state index in [2.05, 4.69) is 36.1 Å². The molecule has 0 saturated carbocycles. The number of aromatic nitrogens is 4. The molecule has 3 N–H and O–H groups in total. The summed E-state index contributed by atoms with van der Waals surface area (Å²) in [4.78, 5) is 8.22. The van der Waals surface area contributed by atoms with Gasteiger partial charge in [-0.2, -0.15) is 0 Å². The summed E-state index contributed by atoms with van der Waals surface area (Å²) in [6.07, 6.45) is 1.43. The number of benzene rings is 1. The molecule has 3 aromatic rings. The third-order valence-electron chi connectivity index (χ3n) is 3.42. The first-order chi connectivity index (χ1) is 12.1. The summed E-state index contributed by atoms with van der Waals surface area (Å²) in [5, 5.41) is 17.6. The van der Waals surface area contributed by atoms with Crippen molar-refractivity contribution < 1.29 is 4.39 Å². The molecule has 0 unspecified atom stereocenters. The average Bonchev–Trinajstić information content (AvgIpc) is 2.64. The van der Waals surface area contributed by atoms with Crippen LogP contribution in [0.4, 0.5) is 27.5 Å². The number of nitrogens with one attached hydrogen (secondary N) is 3. The maximum absolute atomic E-state index is 14.1. The van der Waals surface area contributed by atoms with Crippen molar-refractivity contribution >= 4 is 34.7 Å². The molecule has 0 radical (unpaired) electrons. The van der Waals surface area contributed by atoms with Crippen LogP contribution in [0, 0.1) is 5.82 Å². The van der Waals surface area contributed by atoms with E-state index in [0.717, 1.165) is 0 Å². The molecule has 0 fully saturated rings. The SMILES string of the molecule is CNc1cc(Nc2cc(-c3cc(Cl)ccc3F)nnc2NC)ncn1. The lowest BCUT2D eigenvalue weighted by Crippen LogP contribution is -2.04. The number of rotatable bonds is 5. The Hall–Kier alpha value is -3.00. The highest BCUT2D eigenvalue weighted by molar-refractivity contribution is 6.30. The Morgan fingerprint density at radius 2 is 1.76 bits per heavy atom. The van der Waals surface area contributed by atoms with Crippen LogP contribution >= 0.6 is 11.6 Å². The average molecular weight is 360 g/mol. The van der Waals surface area contributed by atoms with Crippen LogP contribution in [-0.4, -0.2) is 34.3 Å². The van der Waals surface area contributed by atoms with Gasteiger partial charge >= 0.3 is 0 Å². The fourth-order valence-corrected chi connectivity index (χ4v) is 2.37. The Labute approximate surface area is 148 Å². The molecule has 7 nitrogen and oxygen atoms in total. The maximum atomic E-state index is 14.1. The van der Waals surface area contributed by atoms with Crippen LogP contribution in [0.3, 0.4) is 0 Å². The molecule has 0 saturated heterocycles. The van der Waals surface area contributed by atoms with Gasteiger partial charge in [-0.3, -0.25) is 0 Å². The van der Waals surface area contributed by atoms with Crippen molar-refractivity contribution in [2.24, 2.45) is 0 Å².